The Morgan fingerprint density at radius 2 is 2.00 bits per heavy atom. The molecule has 0 saturated heterocycles. The topological polar surface area (TPSA) is 20.2 Å². The Bertz CT molecular complexity index is 34.5. The summed E-state index contributed by atoms with van der Waals surface area (Å²) in [5.74, 6) is 0. The molecule has 2 heteroatoms. The minimum atomic E-state index is -0.713. The molecule has 1 N–H and O–H groups in total. The zero-order valence-corrected chi connectivity index (χ0v) is 6.30. The van der Waals surface area contributed by atoms with E-state index in [2.05, 4.69) is 6.92 Å². The van der Waals surface area contributed by atoms with E-state index in [9.17, 15) is 0 Å². The molecule has 1 radical (unpaired) electrons. The molecule has 1 atom stereocenters. The fourth-order valence-corrected chi connectivity index (χ4v) is 0. The summed E-state index contributed by atoms with van der Waals surface area (Å²) in [5, 5.41) is 8.07. The minimum absolute atomic E-state index is 0. The Kier molecular flexibility index (Phi) is 9.61. The summed E-state index contributed by atoms with van der Waals surface area (Å²) >= 11 is 0. The van der Waals surface area contributed by atoms with Crippen molar-refractivity contribution in [1.82, 2.24) is 0 Å². The van der Waals surface area contributed by atoms with E-state index in [0.29, 0.717) is 0 Å². The number of rotatable bonds is 1. The first-order chi connectivity index (χ1) is 2.27. The largest absolute Gasteiger partial charge is 0.518 e. The van der Waals surface area contributed by atoms with Crippen LogP contribution in [0.1, 0.15) is 0 Å². The van der Waals surface area contributed by atoms with Gasteiger partial charge in [0.15, 0.2) is 0 Å². The van der Waals surface area contributed by atoms with Crippen LogP contribution in [0.2, 0.25) is 0 Å². The van der Waals surface area contributed by atoms with Crippen LogP contribution in [-0.4, -0.2) is 11.2 Å². The van der Waals surface area contributed by atoms with Crippen molar-refractivity contribution in [2.24, 2.45) is 0 Å². The van der Waals surface area contributed by atoms with Crippen molar-refractivity contribution in [2.45, 2.75) is 6.10 Å². The summed E-state index contributed by atoms with van der Waals surface area (Å²) < 4.78 is 0. The molecular formula is C4H6OY-2. The van der Waals surface area contributed by atoms with Gasteiger partial charge in [0.25, 0.3) is 0 Å². The van der Waals surface area contributed by atoms with Gasteiger partial charge in [0.1, 0.15) is 0 Å². The molecule has 1 nitrogen and oxygen atoms in total. The summed E-state index contributed by atoms with van der Waals surface area (Å²) in [7, 11) is 0. The van der Waals surface area contributed by atoms with Gasteiger partial charge in [-0.3, -0.25) is 6.08 Å². The van der Waals surface area contributed by atoms with Gasteiger partial charge in [0.2, 0.25) is 0 Å². The van der Waals surface area contributed by atoms with Gasteiger partial charge in [-0.1, -0.05) is 6.10 Å². The molecule has 0 amide bonds. The van der Waals surface area contributed by atoms with E-state index in [1.807, 2.05) is 0 Å². The van der Waals surface area contributed by atoms with Gasteiger partial charge < -0.3 is 18.6 Å². The predicted molar refractivity (Wildman–Crippen MR) is 20.2 cm³/mol. The monoisotopic (exact) mass is 159 g/mol. The van der Waals surface area contributed by atoms with Gasteiger partial charge in [0, 0.05) is 32.7 Å². The van der Waals surface area contributed by atoms with Gasteiger partial charge in [-0.15, -0.1) is 0 Å². The third kappa shape index (κ3) is 8.84. The Labute approximate surface area is 63.3 Å². The molecule has 0 rings (SSSR count). The van der Waals surface area contributed by atoms with Crippen LogP contribution < -0.4 is 0 Å². The molecule has 0 aliphatic carbocycles. The molecule has 1 unspecified atom stereocenters. The maximum atomic E-state index is 8.07. The molecule has 0 heterocycles. The van der Waals surface area contributed by atoms with Crippen molar-refractivity contribution in [3.05, 3.63) is 19.6 Å². The van der Waals surface area contributed by atoms with Crippen molar-refractivity contribution in [2.75, 3.05) is 0 Å². The molecule has 0 aromatic rings. The van der Waals surface area contributed by atoms with Crippen molar-refractivity contribution < 1.29 is 37.8 Å². The molecular weight excluding hydrogens is 153 g/mol. The molecule has 0 aliphatic rings. The molecule has 33 valence electrons. The predicted octanol–water partition coefficient (Wildman–Crippen LogP) is 0.168. The van der Waals surface area contributed by atoms with Gasteiger partial charge in [0.05, 0.1) is 0 Å². The van der Waals surface area contributed by atoms with E-state index in [-0.39, 0.29) is 32.7 Å². The Hall–Kier alpha value is 0.804. The minimum Gasteiger partial charge on any atom is -0.518 e. The maximum Gasteiger partial charge on any atom is 0 e. The van der Waals surface area contributed by atoms with Gasteiger partial charge in [-0.25, -0.2) is 0 Å². The summed E-state index contributed by atoms with van der Waals surface area (Å²) in [5.41, 5.74) is 0. The van der Waals surface area contributed by atoms with E-state index in [0.717, 1.165) is 6.08 Å². The third-order valence-electron chi connectivity index (χ3n) is 0.222. The van der Waals surface area contributed by atoms with Crippen LogP contribution in [0.5, 0.6) is 0 Å². The summed E-state index contributed by atoms with van der Waals surface area (Å²) in [6, 6.07) is 0. The van der Waals surface area contributed by atoms with Crippen LogP contribution >= 0.6 is 0 Å². The Morgan fingerprint density at radius 3 is 2.00 bits per heavy atom. The number of aliphatic hydroxyl groups is 1. The van der Waals surface area contributed by atoms with Crippen LogP contribution in [-0.2, 0) is 32.7 Å². The zero-order valence-electron chi connectivity index (χ0n) is 3.46. The van der Waals surface area contributed by atoms with E-state index in [4.69, 9.17) is 11.7 Å². The van der Waals surface area contributed by atoms with Gasteiger partial charge in [-0.2, -0.15) is 0 Å². The zero-order chi connectivity index (χ0) is 4.28. The first kappa shape index (κ1) is 9.93. The van der Waals surface area contributed by atoms with E-state index in [1.54, 1.807) is 0 Å². The first-order valence-electron chi connectivity index (χ1n) is 1.33. The van der Waals surface area contributed by atoms with Crippen molar-refractivity contribution in [1.29, 1.82) is 0 Å². The quantitative estimate of drug-likeness (QED) is 0.540. The van der Waals surface area contributed by atoms with E-state index >= 15 is 0 Å². The van der Waals surface area contributed by atoms with Crippen LogP contribution in [0.15, 0.2) is 6.08 Å². The number of aliphatic hydroxyl groups excluding tert-OH is 1. The normalized spacial score (nSPS) is 11.7. The second-order valence-electron chi connectivity index (χ2n) is 0.760. The fourth-order valence-electron chi connectivity index (χ4n) is 0. The Morgan fingerprint density at radius 1 is 1.83 bits per heavy atom. The second-order valence-corrected chi connectivity index (χ2v) is 0.760. The van der Waals surface area contributed by atoms with E-state index < -0.39 is 6.10 Å². The van der Waals surface area contributed by atoms with Crippen molar-refractivity contribution in [3.63, 3.8) is 0 Å². The van der Waals surface area contributed by atoms with Crippen LogP contribution in [0.4, 0.5) is 0 Å². The molecule has 0 aromatic heterocycles. The average molecular weight is 159 g/mol. The molecule has 0 bridgehead atoms. The number of hydrogen-bond donors (Lipinski definition) is 1. The van der Waals surface area contributed by atoms with Crippen LogP contribution in [0.3, 0.4) is 0 Å². The first-order valence-corrected chi connectivity index (χ1v) is 1.33. The average Bonchev–Trinajstić information content (AvgIpc) is 1.38. The third-order valence-corrected chi connectivity index (χ3v) is 0.222. The smallest absolute Gasteiger partial charge is 0 e. The molecule has 0 spiro atoms. The Balaban J connectivity index is 0. The van der Waals surface area contributed by atoms with E-state index in [1.165, 1.54) is 0 Å². The SMILES string of the molecule is [CH-]=CC([CH2-])O.[Y]. The van der Waals surface area contributed by atoms with Crippen molar-refractivity contribution in [3.8, 4) is 0 Å². The maximum absolute atomic E-state index is 8.07. The fraction of sp³-hybridized carbons (Fsp3) is 0.250. The van der Waals surface area contributed by atoms with Gasteiger partial charge in [-0.05, 0) is 0 Å². The molecule has 0 aliphatic heterocycles. The van der Waals surface area contributed by atoms with Crippen molar-refractivity contribution >= 4 is 0 Å². The summed E-state index contributed by atoms with van der Waals surface area (Å²) in [6.45, 7) is 7.87. The molecule has 0 saturated carbocycles. The molecule has 0 aromatic carbocycles. The van der Waals surface area contributed by atoms with Crippen LogP contribution in [0, 0.1) is 13.5 Å². The summed E-state index contributed by atoms with van der Waals surface area (Å²) in [6.07, 6.45) is 0.398. The van der Waals surface area contributed by atoms with Gasteiger partial charge >= 0.3 is 0 Å². The second kappa shape index (κ2) is 5.80. The number of hydrogen-bond acceptors (Lipinski definition) is 1. The standard InChI is InChI=1S/C4H6O.Y/c1-3-4(2)5;/h1,3-5H,2H2;/q-2;. The molecule has 6 heavy (non-hydrogen) atoms. The van der Waals surface area contributed by atoms with Crippen LogP contribution in [0.25, 0.3) is 0 Å². The summed E-state index contributed by atoms with van der Waals surface area (Å²) in [4.78, 5) is 0. The molecule has 0 fully saturated rings.